The Bertz CT molecular complexity index is 863. The van der Waals surface area contributed by atoms with Gasteiger partial charge in [0.15, 0.2) is 5.96 Å². The van der Waals surface area contributed by atoms with Crippen LogP contribution < -0.4 is 15.5 Å². The van der Waals surface area contributed by atoms with E-state index in [2.05, 4.69) is 49.7 Å². The molecule has 2 aliphatic rings. The Labute approximate surface area is 180 Å². The number of aromatic nitrogens is 1. The summed E-state index contributed by atoms with van der Waals surface area (Å²) in [6, 6.07) is 11.9. The summed E-state index contributed by atoms with van der Waals surface area (Å²) < 4.78 is 0. The van der Waals surface area contributed by atoms with E-state index in [1.54, 1.807) is 0 Å². The molecular formula is C24H36N6. The lowest BCUT2D eigenvalue weighted by Crippen LogP contribution is -2.50. The van der Waals surface area contributed by atoms with Crippen LogP contribution in [0, 0.1) is 0 Å². The number of guanidine groups is 1. The van der Waals surface area contributed by atoms with Gasteiger partial charge in [-0.1, -0.05) is 31.0 Å². The fourth-order valence-corrected chi connectivity index (χ4v) is 4.85. The first kappa shape index (κ1) is 20.9. The van der Waals surface area contributed by atoms with Crippen molar-refractivity contribution in [2.45, 2.75) is 57.2 Å². The number of piperidine rings is 1. The maximum absolute atomic E-state index is 4.76. The third-order valence-corrected chi connectivity index (χ3v) is 6.63. The highest BCUT2D eigenvalue weighted by molar-refractivity contribution is 5.85. The third kappa shape index (κ3) is 4.86. The second-order valence-electron chi connectivity index (χ2n) is 8.87. The molecule has 1 saturated heterocycles. The van der Waals surface area contributed by atoms with E-state index in [0.717, 1.165) is 29.9 Å². The molecule has 0 spiro atoms. The van der Waals surface area contributed by atoms with Crippen LogP contribution in [0.4, 0.5) is 5.82 Å². The zero-order valence-corrected chi connectivity index (χ0v) is 18.7. The van der Waals surface area contributed by atoms with Crippen LogP contribution in [0.3, 0.4) is 0 Å². The molecule has 1 aliphatic carbocycles. The summed E-state index contributed by atoms with van der Waals surface area (Å²) in [5.41, 5.74) is 2.27. The predicted molar refractivity (Wildman–Crippen MR) is 126 cm³/mol. The number of likely N-dealkylation sites (tertiary alicyclic amines) is 1. The van der Waals surface area contributed by atoms with Gasteiger partial charge in [-0.3, -0.25) is 4.99 Å². The monoisotopic (exact) mass is 408 g/mol. The Kier molecular flexibility index (Phi) is 6.72. The number of nitrogens with one attached hydrogen (secondary N) is 2. The molecule has 1 aliphatic heterocycles. The summed E-state index contributed by atoms with van der Waals surface area (Å²) in [5, 5.41) is 8.39. The molecular weight excluding hydrogens is 372 g/mol. The van der Waals surface area contributed by atoms with Gasteiger partial charge in [0.05, 0.1) is 5.52 Å². The van der Waals surface area contributed by atoms with Gasteiger partial charge in [0.2, 0.25) is 0 Å². The number of aliphatic imine (C=N–C) groups is 1. The number of hydrogen-bond acceptors (Lipinski definition) is 4. The van der Waals surface area contributed by atoms with Crippen molar-refractivity contribution >= 4 is 22.7 Å². The summed E-state index contributed by atoms with van der Waals surface area (Å²) in [5.74, 6) is 1.87. The SMILES string of the molecule is CN=C(NCc1cc(N(C)C)nc2ccccc12)NC1CCN(C2CCCC2)CC1. The largest absolute Gasteiger partial charge is 0.363 e. The van der Waals surface area contributed by atoms with Crippen LogP contribution in [0.25, 0.3) is 10.9 Å². The standard InChI is InChI=1S/C24H36N6/c1-25-24(27-19-12-14-30(15-13-19)20-8-4-5-9-20)26-17-18-16-23(29(2)3)28-22-11-7-6-10-21(18)22/h6-7,10-11,16,19-20H,4-5,8-9,12-15,17H2,1-3H3,(H2,25,26,27). The summed E-state index contributed by atoms with van der Waals surface area (Å²) in [7, 11) is 5.93. The van der Waals surface area contributed by atoms with Gasteiger partial charge in [0.1, 0.15) is 5.82 Å². The zero-order valence-electron chi connectivity index (χ0n) is 18.7. The van der Waals surface area contributed by atoms with Gasteiger partial charge in [-0.05, 0) is 43.4 Å². The van der Waals surface area contributed by atoms with Crippen molar-refractivity contribution in [3.8, 4) is 0 Å². The fourth-order valence-electron chi connectivity index (χ4n) is 4.85. The molecule has 1 saturated carbocycles. The van der Waals surface area contributed by atoms with E-state index in [4.69, 9.17) is 4.98 Å². The van der Waals surface area contributed by atoms with E-state index in [1.807, 2.05) is 27.2 Å². The highest BCUT2D eigenvalue weighted by Crippen LogP contribution is 2.26. The first-order chi connectivity index (χ1) is 14.6. The number of fused-ring (bicyclic) bond motifs is 1. The average Bonchev–Trinajstić information content (AvgIpc) is 3.31. The normalized spacial score (nSPS) is 19.4. The number of pyridine rings is 1. The first-order valence-corrected chi connectivity index (χ1v) is 11.4. The van der Waals surface area contributed by atoms with Crippen molar-refractivity contribution in [3.63, 3.8) is 0 Å². The maximum atomic E-state index is 4.76. The van der Waals surface area contributed by atoms with Crippen molar-refractivity contribution in [3.05, 3.63) is 35.9 Å². The number of nitrogens with zero attached hydrogens (tertiary/aromatic N) is 4. The number of hydrogen-bond donors (Lipinski definition) is 2. The van der Waals surface area contributed by atoms with Crippen LogP contribution in [0.1, 0.15) is 44.1 Å². The van der Waals surface area contributed by atoms with Gasteiger partial charge in [-0.25, -0.2) is 4.98 Å². The molecule has 6 nitrogen and oxygen atoms in total. The van der Waals surface area contributed by atoms with Crippen molar-refractivity contribution in [1.82, 2.24) is 20.5 Å². The molecule has 0 atom stereocenters. The Morgan fingerprint density at radius 2 is 1.87 bits per heavy atom. The second kappa shape index (κ2) is 9.65. The molecule has 0 unspecified atom stereocenters. The number of rotatable bonds is 5. The summed E-state index contributed by atoms with van der Waals surface area (Å²) in [6.45, 7) is 3.14. The minimum absolute atomic E-state index is 0.500. The van der Waals surface area contributed by atoms with E-state index in [0.29, 0.717) is 6.04 Å². The lowest BCUT2D eigenvalue weighted by molar-refractivity contribution is 0.150. The predicted octanol–water partition coefficient (Wildman–Crippen LogP) is 3.37. The molecule has 30 heavy (non-hydrogen) atoms. The second-order valence-corrected chi connectivity index (χ2v) is 8.87. The summed E-state index contributed by atoms with van der Waals surface area (Å²) in [6.07, 6.45) is 8.02. The summed E-state index contributed by atoms with van der Waals surface area (Å²) in [4.78, 5) is 14.0. The van der Waals surface area contributed by atoms with Crippen molar-refractivity contribution < 1.29 is 0 Å². The van der Waals surface area contributed by atoms with E-state index in [9.17, 15) is 0 Å². The van der Waals surface area contributed by atoms with Gasteiger partial charge in [-0.15, -0.1) is 0 Å². The maximum Gasteiger partial charge on any atom is 0.191 e. The lowest BCUT2D eigenvalue weighted by atomic mass is 10.0. The molecule has 162 valence electrons. The van der Waals surface area contributed by atoms with Gasteiger partial charge in [0.25, 0.3) is 0 Å². The number of para-hydroxylation sites is 1. The van der Waals surface area contributed by atoms with Crippen LogP contribution in [-0.2, 0) is 6.54 Å². The van der Waals surface area contributed by atoms with E-state index >= 15 is 0 Å². The topological polar surface area (TPSA) is 55.8 Å². The van der Waals surface area contributed by atoms with Crippen LogP contribution in [-0.4, -0.2) is 62.2 Å². The molecule has 4 rings (SSSR count). The average molecular weight is 409 g/mol. The van der Waals surface area contributed by atoms with Crippen molar-refractivity contribution in [1.29, 1.82) is 0 Å². The van der Waals surface area contributed by atoms with Gasteiger partial charge < -0.3 is 20.4 Å². The van der Waals surface area contributed by atoms with Crippen LogP contribution >= 0.6 is 0 Å². The Morgan fingerprint density at radius 3 is 2.57 bits per heavy atom. The number of anilines is 1. The molecule has 1 aromatic carbocycles. The molecule has 2 fully saturated rings. The fraction of sp³-hybridized carbons (Fsp3) is 0.583. The highest BCUT2D eigenvalue weighted by Gasteiger charge is 2.27. The smallest absolute Gasteiger partial charge is 0.191 e. The van der Waals surface area contributed by atoms with Crippen molar-refractivity contribution in [2.24, 2.45) is 4.99 Å². The minimum atomic E-state index is 0.500. The first-order valence-electron chi connectivity index (χ1n) is 11.4. The highest BCUT2D eigenvalue weighted by atomic mass is 15.2. The van der Waals surface area contributed by atoms with Gasteiger partial charge in [0, 0.05) is 58.2 Å². The Hall–Kier alpha value is -2.34. The molecule has 2 heterocycles. The van der Waals surface area contributed by atoms with Crippen LogP contribution in [0.2, 0.25) is 0 Å². The Morgan fingerprint density at radius 1 is 1.13 bits per heavy atom. The molecule has 2 N–H and O–H groups in total. The quantitative estimate of drug-likeness (QED) is 0.587. The van der Waals surface area contributed by atoms with Crippen LogP contribution in [0.15, 0.2) is 35.3 Å². The number of benzene rings is 1. The van der Waals surface area contributed by atoms with E-state index < -0.39 is 0 Å². The van der Waals surface area contributed by atoms with E-state index in [-0.39, 0.29) is 0 Å². The summed E-state index contributed by atoms with van der Waals surface area (Å²) >= 11 is 0. The zero-order chi connectivity index (χ0) is 20.9. The molecule has 0 amide bonds. The molecule has 1 aromatic heterocycles. The van der Waals surface area contributed by atoms with Crippen LogP contribution in [0.5, 0.6) is 0 Å². The molecule has 0 radical (unpaired) electrons. The van der Waals surface area contributed by atoms with E-state index in [1.165, 1.54) is 62.6 Å². The third-order valence-electron chi connectivity index (χ3n) is 6.63. The molecule has 2 aromatic rings. The molecule has 6 heteroatoms. The minimum Gasteiger partial charge on any atom is -0.363 e. The lowest BCUT2D eigenvalue weighted by Gasteiger charge is -2.36. The Balaban J connectivity index is 1.36. The molecule has 0 bridgehead atoms. The van der Waals surface area contributed by atoms with Gasteiger partial charge in [-0.2, -0.15) is 0 Å². The van der Waals surface area contributed by atoms with Crippen molar-refractivity contribution in [2.75, 3.05) is 39.1 Å². The van der Waals surface area contributed by atoms with Gasteiger partial charge >= 0.3 is 0 Å².